The largest absolute Gasteiger partial charge is 0.489 e. The predicted molar refractivity (Wildman–Crippen MR) is 73.7 cm³/mol. The number of hydrogen-bond donors (Lipinski definition) is 0. The zero-order valence-corrected chi connectivity index (χ0v) is 11.3. The van der Waals surface area contributed by atoms with Gasteiger partial charge in [0.2, 0.25) is 0 Å². The molecule has 0 aromatic heterocycles. The van der Waals surface area contributed by atoms with Gasteiger partial charge in [-0.3, -0.25) is 0 Å². The van der Waals surface area contributed by atoms with Crippen LogP contribution in [0.5, 0.6) is 5.75 Å². The molecule has 2 aromatic rings. The Kier molecular flexibility index (Phi) is 4.26. The second-order valence-corrected chi connectivity index (χ2v) is 4.95. The molecule has 3 heteroatoms. The molecule has 0 aliphatic heterocycles. The topological polar surface area (TPSA) is 9.23 Å². The third-order valence-corrected chi connectivity index (χ3v) is 3.32. The average molecular weight is 262 g/mol. The highest BCUT2D eigenvalue weighted by atomic mass is 32.2. The van der Waals surface area contributed by atoms with Gasteiger partial charge in [-0.25, -0.2) is 4.39 Å². The van der Waals surface area contributed by atoms with Crippen molar-refractivity contribution in [3.05, 3.63) is 59.4 Å². The van der Waals surface area contributed by atoms with E-state index in [9.17, 15) is 4.39 Å². The molecule has 0 heterocycles. The summed E-state index contributed by atoms with van der Waals surface area (Å²) >= 11 is 1.67. The second kappa shape index (κ2) is 5.91. The van der Waals surface area contributed by atoms with Gasteiger partial charge in [-0.05, 0) is 43.0 Å². The van der Waals surface area contributed by atoms with Crippen molar-refractivity contribution < 1.29 is 9.13 Å². The van der Waals surface area contributed by atoms with Crippen molar-refractivity contribution in [1.29, 1.82) is 0 Å². The normalized spacial score (nSPS) is 10.4. The number of hydrogen-bond acceptors (Lipinski definition) is 2. The molecule has 0 aliphatic carbocycles. The lowest BCUT2D eigenvalue weighted by Crippen LogP contribution is -1.98. The lowest BCUT2D eigenvalue weighted by Gasteiger charge is -2.09. The zero-order valence-electron chi connectivity index (χ0n) is 10.4. The van der Waals surface area contributed by atoms with Crippen LogP contribution in [-0.4, -0.2) is 6.26 Å². The Labute approximate surface area is 111 Å². The van der Waals surface area contributed by atoms with Gasteiger partial charge in [0.25, 0.3) is 0 Å². The first-order valence-corrected chi connectivity index (χ1v) is 6.93. The minimum absolute atomic E-state index is 0.227. The van der Waals surface area contributed by atoms with Crippen LogP contribution in [0, 0.1) is 12.7 Å². The molecule has 0 N–H and O–H groups in total. The van der Waals surface area contributed by atoms with E-state index >= 15 is 0 Å². The summed E-state index contributed by atoms with van der Waals surface area (Å²) in [5, 5.41) is 0. The van der Waals surface area contributed by atoms with Crippen molar-refractivity contribution in [2.24, 2.45) is 0 Å². The van der Waals surface area contributed by atoms with Crippen molar-refractivity contribution in [3.8, 4) is 5.75 Å². The molecule has 0 amide bonds. The molecule has 0 saturated heterocycles. The Hall–Kier alpha value is -1.48. The van der Waals surface area contributed by atoms with Gasteiger partial charge >= 0.3 is 0 Å². The standard InChI is InChI=1S/C15H15FOS/c1-11-7-13(9-14(8-11)18-2)17-10-12-5-3-4-6-15(12)16/h3-9H,10H2,1-2H3. The van der Waals surface area contributed by atoms with Gasteiger partial charge in [0, 0.05) is 10.5 Å². The first kappa shape index (κ1) is 13.0. The number of rotatable bonds is 4. The van der Waals surface area contributed by atoms with E-state index in [1.54, 1.807) is 23.9 Å². The van der Waals surface area contributed by atoms with E-state index in [1.807, 2.05) is 31.4 Å². The summed E-state index contributed by atoms with van der Waals surface area (Å²) in [5.74, 6) is 0.554. The van der Waals surface area contributed by atoms with Crippen LogP contribution in [0.3, 0.4) is 0 Å². The van der Waals surface area contributed by atoms with Gasteiger partial charge in [-0.15, -0.1) is 11.8 Å². The van der Waals surface area contributed by atoms with Crippen molar-refractivity contribution >= 4 is 11.8 Å². The van der Waals surface area contributed by atoms with Crippen LogP contribution >= 0.6 is 11.8 Å². The lowest BCUT2D eigenvalue weighted by molar-refractivity contribution is 0.299. The summed E-state index contributed by atoms with van der Waals surface area (Å²) < 4.78 is 19.1. The minimum Gasteiger partial charge on any atom is -0.489 e. The van der Waals surface area contributed by atoms with Crippen LogP contribution < -0.4 is 4.74 Å². The fraction of sp³-hybridized carbons (Fsp3) is 0.200. The molecule has 0 unspecified atom stereocenters. The van der Waals surface area contributed by atoms with Crippen LogP contribution in [-0.2, 0) is 6.61 Å². The fourth-order valence-electron chi connectivity index (χ4n) is 1.69. The van der Waals surface area contributed by atoms with E-state index in [1.165, 1.54) is 6.07 Å². The van der Waals surface area contributed by atoms with Crippen LogP contribution in [0.25, 0.3) is 0 Å². The Morgan fingerprint density at radius 2 is 1.94 bits per heavy atom. The van der Waals surface area contributed by atoms with Crippen molar-refractivity contribution in [3.63, 3.8) is 0 Å². The van der Waals surface area contributed by atoms with Crippen LogP contribution in [0.4, 0.5) is 4.39 Å². The Bertz CT molecular complexity index is 540. The van der Waals surface area contributed by atoms with E-state index in [0.717, 1.165) is 16.2 Å². The summed E-state index contributed by atoms with van der Waals surface area (Å²) in [5.41, 5.74) is 1.72. The number of thioether (sulfide) groups is 1. The molecule has 1 nitrogen and oxygen atoms in total. The summed E-state index contributed by atoms with van der Waals surface area (Å²) in [6.07, 6.45) is 2.02. The molecular formula is C15H15FOS. The van der Waals surface area contributed by atoms with E-state index in [2.05, 4.69) is 6.07 Å². The highest BCUT2D eigenvalue weighted by molar-refractivity contribution is 7.98. The minimum atomic E-state index is -0.227. The quantitative estimate of drug-likeness (QED) is 0.754. The number of benzene rings is 2. The summed E-state index contributed by atoms with van der Waals surface area (Å²) in [4.78, 5) is 1.15. The van der Waals surface area contributed by atoms with E-state index in [4.69, 9.17) is 4.74 Å². The molecule has 0 bridgehead atoms. The van der Waals surface area contributed by atoms with Gasteiger partial charge in [0.05, 0.1) is 0 Å². The third-order valence-electron chi connectivity index (χ3n) is 2.61. The maximum Gasteiger partial charge on any atom is 0.129 e. The predicted octanol–water partition coefficient (Wildman–Crippen LogP) is 4.44. The summed E-state index contributed by atoms with van der Waals surface area (Å²) in [7, 11) is 0. The second-order valence-electron chi connectivity index (χ2n) is 4.07. The van der Waals surface area contributed by atoms with Crippen LogP contribution in [0.1, 0.15) is 11.1 Å². The van der Waals surface area contributed by atoms with Gasteiger partial charge in [-0.2, -0.15) is 0 Å². The van der Waals surface area contributed by atoms with Gasteiger partial charge in [-0.1, -0.05) is 18.2 Å². The molecule has 0 spiro atoms. The van der Waals surface area contributed by atoms with Gasteiger partial charge in [0.1, 0.15) is 18.2 Å². The maximum atomic E-state index is 13.4. The molecule has 2 rings (SSSR count). The van der Waals surface area contributed by atoms with E-state index < -0.39 is 0 Å². The first-order valence-electron chi connectivity index (χ1n) is 5.71. The molecule has 0 aliphatic rings. The van der Waals surface area contributed by atoms with E-state index in [-0.39, 0.29) is 12.4 Å². The molecule has 18 heavy (non-hydrogen) atoms. The van der Waals surface area contributed by atoms with Crippen molar-refractivity contribution in [2.75, 3.05) is 6.26 Å². The molecule has 2 aromatic carbocycles. The number of ether oxygens (including phenoxy) is 1. The summed E-state index contributed by atoms with van der Waals surface area (Å²) in [6, 6.07) is 12.7. The molecule has 0 fully saturated rings. The lowest BCUT2D eigenvalue weighted by atomic mass is 10.2. The fourth-order valence-corrected chi connectivity index (χ4v) is 2.23. The number of aryl methyl sites for hydroxylation is 1. The monoisotopic (exact) mass is 262 g/mol. The molecule has 0 radical (unpaired) electrons. The highest BCUT2D eigenvalue weighted by Gasteiger charge is 2.03. The molecule has 0 atom stereocenters. The smallest absolute Gasteiger partial charge is 0.129 e. The van der Waals surface area contributed by atoms with Crippen LogP contribution in [0.2, 0.25) is 0 Å². The first-order chi connectivity index (χ1) is 8.69. The van der Waals surface area contributed by atoms with Gasteiger partial charge < -0.3 is 4.74 Å². The van der Waals surface area contributed by atoms with Crippen molar-refractivity contribution in [1.82, 2.24) is 0 Å². The number of halogens is 1. The van der Waals surface area contributed by atoms with E-state index in [0.29, 0.717) is 5.56 Å². The SMILES string of the molecule is CSc1cc(C)cc(OCc2ccccc2F)c1. The average Bonchev–Trinajstić information content (AvgIpc) is 2.37. The Morgan fingerprint density at radius 1 is 1.17 bits per heavy atom. The zero-order chi connectivity index (χ0) is 13.0. The highest BCUT2D eigenvalue weighted by Crippen LogP contribution is 2.24. The Balaban J connectivity index is 2.11. The van der Waals surface area contributed by atoms with Crippen LogP contribution in [0.15, 0.2) is 47.4 Å². The van der Waals surface area contributed by atoms with Gasteiger partial charge in [0.15, 0.2) is 0 Å². The molecule has 0 saturated carbocycles. The molecular weight excluding hydrogens is 247 g/mol. The maximum absolute atomic E-state index is 13.4. The Morgan fingerprint density at radius 3 is 2.67 bits per heavy atom. The van der Waals surface area contributed by atoms with Crippen molar-refractivity contribution in [2.45, 2.75) is 18.4 Å². The third kappa shape index (κ3) is 3.26. The summed E-state index contributed by atoms with van der Waals surface area (Å²) in [6.45, 7) is 2.28. The molecule has 94 valence electrons.